The second-order valence-corrected chi connectivity index (χ2v) is 4.35. The molecule has 1 N–H and O–H groups in total. The zero-order valence-electron chi connectivity index (χ0n) is 11.2. The number of aromatic nitrogens is 2. The Balaban J connectivity index is 2.03. The van der Waals surface area contributed by atoms with E-state index in [1.54, 1.807) is 0 Å². The quantitative estimate of drug-likeness (QED) is 0.844. The molecule has 0 bridgehead atoms. The third-order valence-electron chi connectivity index (χ3n) is 3.20. The molecule has 0 saturated carbocycles. The van der Waals surface area contributed by atoms with Crippen LogP contribution in [0.15, 0.2) is 36.7 Å². The summed E-state index contributed by atoms with van der Waals surface area (Å²) in [6, 6.07) is 8.51. The molecule has 2 aromatic rings. The number of nitrogens with zero attached hydrogens (tertiary/aromatic N) is 2. The zero-order chi connectivity index (χ0) is 12.8. The van der Waals surface area contributed by atoms with Crippen molar-refractivity contribution in [2.75, 3.05) is 11.9 Å². The van der Waals surface area contributed by atoms with E-state index >= 15 is 0 Å². The number of aryl methyl sites for hydroxylation is 2. The highest BCUT2D eigenvalue weighted by Gasteiger charge is 2.05. The fourth-order valence-electron chi connectivity index (χ4n) is 2.20. The number of nitrogens with one attached hydrogen (secondary N) is 1. The van der Waals surface area contributed by atoms with Crippen LogP contribution in [0.3, 0.4) is 0 Å². The van der Waals surface area contributed by atoms with Gasteiger partial charge in [0, 0.05) is 24.6 Å². The zero-order valence-corrected chi connectivity index (χ0v) is 11.2. The van der Waals surface area contributed by atoms with E-state index in [0.29, 0.717) is 0 Å². The van der Waals surface area contributed by atoms with Gasteiger partial charge in [0.2, 0.25) is 0 Å². The first-order chi connectivity index (χ1) is 8.85. The van der Waals surface area contributed by atoms with Crippen LogP contribution in [0.2, 0.25) is 0 Å². The minimum absolute atomic E-state index is 0.897. The smallest absolute Gasteiger partial charge is 0.0582 e. The summed E-state index contributed by atoms with van der Waals surface area (Å²) in [6.45, 7) is 6.21. The van der Waals surface area contributed by atoms with Gasteiger partial charge in [-0.2, -0.15) is 5.10 Å². The van der Waals surface area contributed by atoms with Crippen LogP contribution in [0.1, 0.15) is 25.0 Å². The largest absolute Gasteiger partial charge is 0.383 e. The highest BCUT2D eigenvalue weighted by atomic mass is 15.3. The minimum Gasteiger partial charge on any atom is -0.383 e. The molecule has 18 heavy (non-hydrogen) atoms. The monoisotopic (exact) mass is 243 g/mol. The van der Waals surface area contributed by atoms with Gasteiger partial charge in [-0.25, -0.2) is 0 Å². The second kappa shape index (κ2) is 6.24. The molecule has 0 amide bonds. The lowest BCUT2D eigenvalue weighted by Gasteiger charge is -2.15. The molecule has 0 aliphatic rings. The van der Waals surface area contributed by atoms with Crippen molar-refractivity contribution in [2.45, 2.75) is 33.2 Å². The summed E-state index contributed by atoms with van der Waals surface area (Å²) < 4.78 is 1.95. The van der Waals surface area contributed by atoms with Crippen LogP contribution in [0, 0.1) is 0 Å². The molecular weight excluding hydrogens is 222 g/mol. The lowest BCUT2D eigenvalue weighted by atomic mass is 10.0. The molecule has 3 nitrogen and oxygen atoms in total. The van der Waals surface area contributed by atoms with Gasteiger partial charge in [0.25, 0.3) is 0 Å². The van der Waals surface area contributed by atoms with E-state index in [0.717, 1.165) is 25.9 Å². The summed E-state index contributed by atoms with van der Waals surface area (Å²) in [7, 11) is 0. The van der Waals surface area contributed by atoms with E-state index in [2.05, 4.69) is 42.5 Å². The Labute approximate surface area is 109 Å². The maximum absolute atomic E-state index is 4.21. The second-order valence-electron chi connectivity index (χ2n) is 4.35. The highest BCUT2D eigenvalue weighted by Crippen LogP contribution is 2.22. The van der Waals surface area contributed by atoms with Crippen molar-refractivity contribution in [3.8, 4) is 0 Å². The number of hydrogen-bond acceptors (Lipinski definition) is 2. The molecule has 0 saturated heterocycles. The topological polar surface area (TPSA) is 29.9 Å². The molecule has 3 heteroatoms. The van der Waals surface area contributed by atoms with Crippen molar-refractivity contribution >= 4 is 5.69 Å². The van der Waals surface area contributed by atoms with Crippen molar-refractivity contribution < 1.29 is 0 Å². The van der Waals surface area contributed by atoms with Crippen LogP contribution in [0.4, 0.5) is 5.69 Å². The lowest BCUT2D eigenvalue weighted by Crippen LogP contribution is -2.13. The average molecular weight is 243 g/mol. The van der Waals surface area contributed by atoms with Crippen LogP contribution in [0.5, 0.6) is 0 Å². The fraction of sp³-hybridized carbons (Fsp3) is 0.400. The molecular formula is C15H21N3. The van der Waals surface area contributed by atoms with Crippen molar-refractivity contribution in [3.05, 3.63) is 47.8 Å². The summed E-state index contributed by atoms with van der Waals surface area (Å²) in [5.41, 5.74) is 4.11. The summed E-state index contributed by atoms with van der Waals surface area (Å²) >= 11 is 0. The molecule has 96 valence electrons. The summed E-state index contributed by atoms with van der Waals surface area (Å²) in [5, 5.41) is 7.77. The van der Waals surface area contributed by atoms with E-state index in [4.69, 9.17) is 0 Å². The number of para-hydroxylation sites is 1. The Morgan fingerprint density at radius 1 is 1.11 bits per heavy atom. The van der Waals surface area contributed by atoms with Gasteiger partial charge in [-0.15, -0.1) is 0 Å². The fourth-order valence-corrected chi connectivity index (χ4v) is 2.20. The van der Waals surface area contributed by atoms with Gasteiger partial charge in [-0.3, -0.25) is 4.68 Å². The Bertz CT molecular complexity index is 452. The summed E-state index contributed by atoms with van der Waals surface area (Å²) in [5.74, 6) is 0. The van der Waals surface area contributed by atoms with Crippen LogP contribution < -0.4 is 5.32 Å². The number of benzene rings is 1. The molecule has 0 aliphatic carbocycles. The molecule has 0 radical (unpaired) electrons. The number of rotatable bonds is 6. The number of hydrogen-bond donors (Lipinski definition) is 1. The van der Waals surface area contributed by atoms with E-state index in [1.165, 1.54) is 16.8 Å². The molecule has 0 spiro atoms. The summed E-state index contributed by atoms with van der Waals surface area (Å²) in [4.78, 5) is 0. The molecule has 0 aliphatic heterocycles. The van der Waals surface area contributed by atoms with E-state index in [9.17, 15) is 0 Å². The van der Waals surface area contributed by atoms with Gasteiger partial charge < -0.3 is 5.32 Å². The Morgan fingerprint density at radius 2 is 1.83 bits per heavy atom. The maximum Gasteiger partial charge on any atom is 0.0582 e. The predicted molar refractivity (Wildman–Crippen MR) is 75.9 cm³/mol. The van der Waals surface area contributed by atoms with Crippen molar-refractivity contribution in [1.82, 2.24) is 9.78 Å². The first-order valence-corrected chi connectivity index (χ1v) is 6.67. The van der Waals surface area contributed by atoms with Gasteiger partial charge >= 0.3 is 0 Å². The molecule has 0 fully saturated rings. The summed E-state index contributed by atoms with van der Waals surface area (Å²) in [6.07, 6.45) is 5.95. The molecule has 1 aromatic carbocycles. The van der Waals surface area contributed by atoms with Crippen LogP contribution in [-0.4, -0.2) is 16.3 Å². The molecule has 2 rings (SSSR count). The van der Waals surface area contributed by atoms with Crippen molar-refractivity contribution in [3.63, 3.8) is 0 Å². The Morgan fingerprint density at radius 3 is 2.39 bits per heavy atom. The molecule has 0 unspecified atom stereocenters. The highest BCUT2D eigenvalue weighted by molar-refractivity contribution is 5.57. The Kier molecular flexibility index (Phi) is 4.40. The first-order valence-electron chi connectivity index (χ1n) is 6.67. The molecule has 0 atom stereocenters. The van der Waals surface area contributed by atoms with E-state index < -0.39 is 0 Å². The normalized spacial score (nSPS) is 10.6. The van der Waals surface area contributed by atoms with Gasteiger partial charge in [0.05, 0.1) is 6.54 Å². The van der Waals surface area contributed by atoms with Crippen LogP contribution in [-0.2, 0) is 19.4 Å². The predicted octanol–water partition coefficient (Wildman–Crippen LogP) is 3.12. The van der Waals surface area contributed by atoms with Crippen LogP contribution in [0.25, 0.3) is 0 Å². The van der Waals surface area contributed by atoms with E-state index in [1.807, 2.05) is 23.1 Å². The van der Waals surface area contributed by atoms with E-state index in [-0.39, 0.29) is 0 Å². The SMILES string of the molecule is CCc1cccc(CC)c1NCCn1cccn1. The first kappa shape index (κ1) is 12.7. The number of anilines is 1. The third kappa shape index (κ3) is 2.92. The van der Waals surface area contributed by atoms with Gasteiger partial charge in [-0.05, 0) is 30.0 Å². The van der Waals surface area contributed by atoms with Gasteiger partial charge in [0.15, 0.2) is 0 Å². The average Bonchev–Trinajstić information content (AvgIpc) is 2.92. The third-order valence-corrected chi connectivity index (χ3v) is 3.20. The lowest BCUT2D eigenvalue weighted by molar-refractivity contribution is 0.637. The standard InChI is InChI=1S/C15H21N3/c1-3-13-7-5-8-14(4-2)15(13)16-10-12-18-11-6-9-17-18/h5-9,11,16H,3-4,10,12H2,1-2H3. The molecule has 1 heterocycles. The maximum atomic E-state index is 4.21. The van der Waals surface area contributed by atoms with Gasteiger partial charge in [0.1, 0.15) is 0 Å². The Hall–Kier alpha value is -1.77. The van der Waals surface area contributed by atoms with Gasteiger partial charge in [-0.1, -0.05) is 32.0 Å². The van der Waals surface area contributed by atoms with Crippen LogP contribution >= 0.6 is 0 Å². The molecule has 1 aromatic heterocycles. The van der Waals surface area contributed by atoms with Crippen molar-refractivity contribution in [2.24, 2.45) is 0 Å². The van der Waals surface area contributed by atoms with Crippen molar-refractivity contribution in [1.29, 1.82) is 0 Å². The minimum atomic E-state index is 0.897.